The standard InChI is InChI=1S/C17H21N5O/c1-12(9-13-3-6-20-17(13)18-2)15-10-19-11-16(21-15)22-7-4-14(23)5-8-22/h3,6,9-11,14,20,23H,2,4-5,7-8H2,1H3/b12-9+. The molecule has 0 saturated carbocycles. The fourth-order valence-electron chi connectivity index (χ4n) is 2.73. The number of nitrogens with zero attached hydrogens (tertiary/aromatic N) is 4. The van der Waals surface area contributed by atoms with Gasteiger partial charge in [-0.2, -0.15) is 0 Å². The molecule has 23 heavy (non-hydrogen) atoms. The molecule has 3 heterocycles. The summed E-state index contributed by atoms with van der Waals surface area (Å²) < 4.78 is 0. The number of anilines is 1. The lowest BCUT2D eigenvalue weighted by molar-refractivity contribution is 0.145. The van der Waals surface area contributed by atoms with E-state index in [0.717, 1.165) is 54.4 Å². The molecule has 1 aliphatic heterocycles. The van der Waals surface area contributed by atoms with Crippen LogP contribution in [-0.4, -0.2) is 46.0 Å². The predicted octanol–water partition coefficient (Wildman–Crippen LogP) is 2.66. The Hall–Kier alpha value is -2.47. The number of aliphatic hydroxyl groups excluding tert-OH is 1. The lowest BCUT2D eigenvalue weighted by Gasteiger charge is -2.30. The van der Waals surface area contributed by atoms with E-state index in [0.29, 0.717) is 0 Å². The largest absolute Gasteiger partial charge is 0.393 e. The molecule has 0 unspecified atom stereocenters. The second kappa shape index (κ2) is 6.75. The van der Waals surface area contributed by atoms with Gasteiger partial charge in [-0.15, -0.1) is 0 Å². The number of rotatable bonds is 4. The highest BCUT2D eigenvalue weighted by Crippen LogP contribution is 2.24. The van der Waals surface area contributed by atoms with Crippen molar-refractivity contribution >= 4 is 30.0 Å². The molecule has 0 amide bonds. The number of hydrogen-bond donors (Lipinski definition) is 2. The molecular formula is C17H21N5O. The molecule has 0 radical (unpaired) electrons. The molecule has 2 N–H and O–H groups in total. The summed E-state index contributed by atoms with van der Waals surface area (Å²) in [6, 6.07) is 1.96. The predicted molar refractivity (Wildman–Crippen MR) is 93.0 cm³/mol. The van der Waals surface area contributed by atoms with Crippen LogP contribution in [0.2, 0.25) is 0 Å². The van der Waals surface area contributed by atoms with Crippen molar-refractivity contribution in [3.05, 3.63) is 35.9 Å². The molecule has 0 atom stereocenters. The van der Waals surface area contributed by atoms with Crippen molar-refractivity contribution in [3.8, 4) is 0 Å². The molecule has 1 saturated heterocycles. The number of aromatic nitrogens is 3. The van der Waals surface area contributed by atoms with Crippen LogP contribution in [0.5, 0.6) is 0 Å². The van der Waals surface area contributed by atoms with E-state index >= 15 is 0 Å². The summed E-state index contributed by atoms with van der Waals surface area (Å²) in [5.41, 5.74) is 2.83. The summed E-state index contributed by atoms with van der Waals surface area (Å²) >= 11 is 0. The number of aliphatic hydroxyl groups is 1. The van der Waals surface area contributed by atoms with Crippen LogP contribution in [0.15, 0.2) is 29.6 Å². The average Bonchev–Trinajstić information content (AvgIpc) is 3.03. The van der Waals surface area contributed by atoms with E-state index in [2.05, 4.69) is 26.6 Å². The first-order valence-electron chi connectivity index (χ1n) is 7.75. The fourth-order valence-corrected chi connectivity index (χ4v) is 2.73. The van der Waals surface area contributed by atoms with Gasteiger partial charge in [0.25, 0.3) is 0 Å². The zero-order valence-corrected chi connectivity index (χ0v) is 13.2. The Bertz CT molecular complexity index is 713. The van der Waals surface area contributed by atoms with E-state index < -0.39 is 0 Å². The summed E-state index contributed by atoms with van der Waals surface area (Å²) in [6.45, 7) is 7.19. The number of aromatic amines is 1. The minimum atomic E-state index is -0.192. The van der Waals surface area contributed by atoms with Crippen molar-refractivity contribution in [2.45, 2.75) is 25.9 Å². The number of hydrogen-bond acceptors (Lipinski definition) is 5. The maximum absolute atomic E-state index is 9.62. The van der Waals surface area contributed by atoms with Gasteiger partial charge in [-0.1, -0.05) is 0 Å². The van der Waals surface area contributed by atoms with Crippen LogP contribution >= 0.6 is 0 Å². The molecule has 0 aliphatic carbocycles. The summed E-state index contributed by atoms with van der Waals surface area (Å²) in [6.07, 6.45) is 8.76. The molecule has 2 aromatic heterocycles. The van der Waals surface area contributed by atoms with Crippen molar-refractivity contribution < 1.29 is 5.11 Å². The van der Waals surface area contributed by atoms with Crippen molar-refractivity contribution in [1.82, 2.24) is 15.0 Å². The van der Waals surface area contributed by atoms with Gasteiger partial charge in [0.2, 0.25) is 0 Å². The second-order valence-electron chi connectivity index (χ2n) is 5.75. The maximum atomic E-state index is 9.62. The lowest BCUT2D eigenvalue weighted by Crippen LogP contribution is -2.36. The first-order valence-corrected chi connectivity index (χ1v) is 7.75. The van der Waals surface area contributed by atoms with Crippen molar-refractivity contribution in [2.75, 3.05) is 18.0 Å². The molecule has 0 aromatic carbocycles. The Labute approximate surface area is 135 Å². The topological polar surface area (TPSA) is 77.4 Å². The van der Waals surface area contributed by atoms with Gasteiger partial charge in [0, 0.05) is 24.8 Å². The van der Waals surface area contributed by atoms with Crippen LogP contribution in [0.3, 0.4) is 0 Å². The molecule has 2 aromatic rings. The second-order valence-corrected chi connectivity index (χ2v) is 5.75. The zero-order chi connectivity index (χ0) is 16.2. The van der Waals surface area contributed by atoms with Gasteiger partial charge in [-0.25, -0.2) is 9.98 Å². The van der Waals surface area contributed by atoms with E-state index in [-0.39, 0.29) is 6.10 Å². The Balaban J connectivity index is 1.83. The zero-order valence-electron chi connectivity index (χ0n) is 13.2. The monoisotopic (exact) mass is 311 g/mol. The van der Waals surface area contributed by atoms with Crippen LogP contribution in [0.1, 0.15) is 31.0 Å². The number of allylic oxidation sites excluding steroid dienone is 1. The normalized spacial score (nSPS) is 16.6. The average molecular weight is 311 g/mol. The number of aliphatic imine (C=N–C) groups is 1. The molecule has 1 aliphatic rings. The summed E-state index contributed by atoms with van der Waals surface area (Å²) in [5.74, 6) is 1.61. The maximum Gasteiger partial charge on any atom is 0.147 e. The SMILES string of the molecule is C=Nc1[nH]ccc1/C=C(\C)c1cncc(N2CCC(O)CC2)n1. The van der Waals surface area contributed by atoms with Crippen molar-refractivity contribution in [3.63, 3.8) is 0 Å². The van der Waals surface area contributed by atoms with E-state index in [9.17, 15) is 5.11 Å². The third-order valence-electron chi connectivity index (χ3n) is 4.10. The van der Waals surface area contributed by atoms with E-state index in [1.807, 2.05) is 25.3 Å². The van der Waals surface area contributed by atoms with Crippen LogP contribution in [0.4, 0.5) is 11.6 Å². The van der Waals surface area contributed by atoms with Gasteiger partial charge >= 0.3 is 0 Å². The summed E-state index contributed by atoms with van der Waals surface area (Å²) in [7, 11) is 0. The van der Waals surface area contributed by atoms with Gasteiger partial charge in [0.1, 0.15) is 11.6 Å². The Kier molecular flexibility index (Phi) is 4.52. The number of H-pyrrole nitrogens is 1. The summed E-state index contributed by atoms with van der Waals surface area (Å²) in [4.78, 5) is 18.2. The highest BCUT2D eigenvalue weighted by molar-refractivity contribution is 5.82. The number of nitrogens with one attached hydrogen (secondary N) is 1. The van der Waals surface area contributed by atoms with Crippen molar-refractivity contribution in [2.24, 2.45) is 4.99 Å². The van der Waals surface area contributed by atoms with Crippen molar-refractivity contribution in [1.29, 1.82) is 0 Å². The van der Waals surface area contributed by atoms with Gasteiger partial charge in [-0.3, -0.25) is 4.98 Å². The lowest BCUT2D eigenvalue weighted by atomic mass is 10.1. The third kappa shape index (κ3) is 3.48. The third-order valence-corrected chi connectivity index (χ3v) is 4.10. The molecule has 6 nitrogen and oxygen atoms in total. The van der Waals surface area contributed by atoms with E-state index in [1.54, 1.807) is 12.4 Å². The minimum Gasteiger partial charge on any atom is -0.393 e. The molecule has 0 bridgehead atoms. The quantitative estimate of drug-likeness (QED) is 0.851. The first kappa shape index (κ1) is 15.4. The molecule has 0 spiro atoms. The van der Waals surface area contributed by atoms with Crippen LogP contribution in [0.25, 0.3) is 11.6 Å². The Morgan fingerprint density at radius 2 is 2.22 bits per heavy atom. The fraction of sp³-hybridized carbons (Fsp3) is 0.353. The minimum absolute atomic E-state index is 0.192. The molecular weight excluding hydrogens is 290 g/mol. The van der Waals surface area contributed by atoms with Gasteiger partial charge in [0.15, 0.2) is 0 Å². The van der Waals surface area contributed by atoms with Gasteiger partial charge < -0.3 is 15.0 Å². The smallest absolute Gasteiger partial charge is 0.147 e. The first-order chi connectivity index (χ1) is 11.2. The van der Waals surface area contributed by atoms with Gasteiger partial charge in [-0.05, 0) is 44.2 Å². The van der Waals surface area contributed by atoms with Crippen LogP contribution in [-0.2, 0) is 0 Å². The van der Waals surface area contributed by atoms with E-state index in [1.165, 1.54) is 0 Å². The molecule has 3 rings (SSSR count). The van der Waals surface area contributed by atoms with Gasteiger partial charge in [0.05, 0.1) is 24.2 Å². The highest BCUT2D eigenvalue weighted by Gasteiger charge is 2.18. The Morgan fingerprint density at radius 3 is 2.96 bits per heavy atom. The molecule has 6 heteroatoms. The number of piperidine rings is 1. The van der Waals surface area contributed by atoms with E-state index in [4.69, 9.17) is 4.98 Å². The Morgan fingerprint density at radius 1 is 1.43 bits per heavy atom. The highest BCUT2D eigenvalue weighted by atomic mass is 16.3. The summed E-state index contributed by atoms with van der Waals surface area (Å²) in [5, 5.41) is 9.62. The molecule has 120 valence electrons. The van der Waals surface area contributed by atoms with Crippen LogP contribution < -0.4 is 4.90 Å². The van der Waals surface area contributed by atoms with Crippen LogP contribution in [0, 0.1) is 0 Å². The molecule has 1 fully saturated rings.